The third-order valence-corrected chi connectivity index (χ3v) is 3.53. The van der Waals surface area contributed by atoms with E-state index in [-0.39, 0.29) is 0 Å². The van der Waals surface area contributed by atoms with Gasteiger partial charge in [-0.3, -0.25) is 0 Å². The molecule has 0 saturated heterocycles. The second kappa shape index (κ2) is 3.00. The van der Waals surface area contributed by atoms with Crippen LogP contribution >= 0.6 is 0 Å². The van der Waals surface area contributed by atoms with Gasteiger partial charge in [-0.25, -0.2) is 0 Å². The first-order chi connectivity index (χ1) is 5.07. The Labute approximate surface area is 70.7 Å². The summed E-state index contributed by atoms with van der Waals surface area (Å²) in [5, 5.41) is 0. The van der Waals surface area contributed by atoms with Gasteiger partial charge in [-0.05, 0) is 37.5 Å². The van der Waals surface area contributed by atoms with E-state index < -0.39 is 0 Å². The normalized spacial score (nSPS) is 32.3. The van der Waals surface area contributed by atoms with Crippen molar-refractivity contribution in [2.45, 2.75) is 47.0 Å². The molecule has 0 bridgehead atoms. The van der Waals surface area contributed by atoms with Crippen molar-refractivity contribution in [3.05, 3.63) is 11.6 Å². The van der Waals surface area contributed by atoms with Gasteiger partial charge >= 0.3 is 0 Å². The standard InChI is InChI=1S/C11H20/c1-9(2)11(4)8-6-5-7-10(11)3/h7,9H,5-6,8H2,1-4H3. The summed E-state index contributed by atoms with van der Waals surface area (Å²) in [7, 11) is 0. The van der Waals surface area contributed by atoms with Gasteiger partial charge in [-0.15, -0.1) is 0 Å². The lowest BCUT2D eigenvalue weighted by molar-refractivity contribution is 0.238. The van der Waals surface area contributed by atoms with Crippen molar-refractivity contribution < 1.29 is 0 Å². The summed E-state index contributed by atoms with van der Waals surface area (Å²) >= 11 is 0. The maximum Gasteiger partial charge on any atom is -0.00961 e. The maximum absolute atomic E-state index is 2.42. The van der Waals surface area contributed by atoms with E-state index in [1.165, 1.54) is 19.3 Å². The van der Waals surface area contributed by atoms with E-state index in [1.54, 1.807) is 5.57 Å². The molecule has 11 heavy (non-hydrogen) atoms. The molecule has 1 unspecified atom stereocenters. The molecule has 1 atom stereocenters. The minimum atomic E-state index is 0.498. The van der Waals surface area contributed by atoms with Crippen LogP contribution in [0.25, 0.3) is 0 Å². The van der Waals surface area contributed by atoms with Crippen LogP contribution in [-0.2, 0) is 0 Å². The smallest absolute Gasteiger partial charge is 0.00961 e. The van der Waals surface area contributed by atoms with Crippen LogP contribution in [0.3, 0.4) is 0 Å². The zero-order valence-electron chi connectivity index (χ0n) is 8.28. The fourth-order valence-electron chi connectivity index (χ4n) is 1.96. The number of allylic oxidation sites excluding steroid dienone is 2. The van der Waals surface area contributed by atoms with Gasteiger partial charge in [0.1, 0.15) is 0 Å². The van der Waals surface area contributed by atoms with Crippen LogP contribution in [0.4, 0.5) is 0 Å². The Balaban J connectivity index is 2.83. The Bertz CT molecular complexity index is 165. The SMILES string of the molecule is CC1=CCCCC1(C)C(C)C. The first-order valence-corrected chi connectivity index (χ1v) is 4.74. The highest BCUT2D eigenvalue weighted by atomic mass is 14.4. The van der Waals surface area contributed by atoms with Crippen LogP contribution in [0.15, 0.2) is 11.6 Å². The zero-order valence-corrected chi connectivity index (χ0v) is 8.28. The molecule has 0 N–H and O–H groups in total. The van der Waals surface area contributed by atoms with Crippen molar-refractivity contribution >= 4 is 0 Å². The van der Waals surface area contributed by atoms with Gasteiger partial charge in [0, 0.05) is 0 Å². The Morgan fingerprint density at radius 3 is 2.45 bits per heavy atom. The summed E-state index contributed by atoms with van der Waals surface area (Å²) in [6.45, 7) is 9.37. The number of rotatable bonds is 1. The van der Waals surface area contributed by atoms with Gasteiger partial charge in [0.2, 0.25) is 0 Å². The lowest BCUT2D eigenvalue weighted by atomic mass is 9.67. The van der Waals surface area contributed by atoms with Crippen LogP contribution in [0.1, 0.15) is 47.0 Å². The third-order valence-electron chi connectivity index (χ3n) is 3.53. The van der Waals surface area contributed by atoms with Crippen LogP contribution in [0, 0.1) is 11.3 Å². The lowest BCUT2D eigenvalue weighted by Crippen LogP contribution is -2.26. The highest BCUT2D eigenvalue weighted by molar-refractivity contribution is 5.14. The van der Waals surface area contributed by atoms with Crippen LogP contribution in [0.5, 0.6) is 0 Å². The van der Waals surface area contributed by atoms with E-state index in [0.29, 0.717) is 5.41 Å². The first-order valence-electron chi connectivity index (χ1n) is 4.74. The third kappa shape index (κ3) is 1.50. The monoisotopic (exact) mass is 152 g/mol. The van der Waals surface area contributed by atoms with Crippen LogP contribution in [0.2, 0.25) is 0 Å². The highest BCUT2D eigenvalue weighted by Crippen LogP contribution is 2.42. The van der Waals surface area contributed by atoms with E-state index in [9.17, 15) is 0 Å². The van der Waals surface area contributed by atoms with Gasteiger partial charge in [0.15, 0.2) is 0 Å². The molecule has 0 radical (unpaired) electrons. The summed E-state index contributed by atoms with van der Waals surface area (Å²) in [4.78, 5) is 0. The predicted octanol–water partition coefficient (Wildman–Crippen LogP) is 3.78. The Kier molecular flexibility index (Phi) is 2.41. The quantitative estimate of drug-likeness (QED) is 0.502. The molecule has 0 heteroatoms. The molecule has 0 saturated carbocycles. The van der Waals surface area contributed by atoms with Crippen molar-refractivity contribution in [2.24, 2.45) is 11.3 Å². The molecule has 0 heterocycles. The van der Waals surface area contributed by atoms with E-state index in [4.69, 9.17) is 0 Å². The lowest BCUT2D eigenvalue weighted by Gasteiger charge is -2.37. The number of hydrogen-bond donors (Lipinski definition) is 0. The van der Waals surface area contributed by atoms with Gasteiger partial charge in [-0.2, -0.15) is 0 Å². The average Bonchev–Trinajstić information content (AvgIpc) is 1.95. The van der Waals surface area contributed by atoms with Crippen molar-refractivity contribution in [3.8, 4) is 0 Å². The molecule has 0 aromatic rings. The van der Waals surface area contributed by atoms with Crippen molar-refractivity contribution in [1.29, 1.82) is 0 Å². The molecule has 1 aliphatic carbocycles. The van der Waals surface area contributed by atoms with Gasteiger partial charge in [-0.1, -0.05) is 32.4 Å². The predicted molar refractivity (Wildman–Crippen MR) is 50.6 cm³/mol. The largest absolute Gasteiger partial charge is 0.0850 e. The molecule has 0 amide bonds. The molecule has 0 nitrogen and oxygen atoms in total. The van der Waals surface area contributed by atoms with Crippen LogP contribution in [-0.4, -0.2) is 0 Å². The van der Waals surface area contributed by atoms with E-state index in [2.05, 4.69) is 33.8 Å². The molecule has 0 aromatic heterocycles. The first kappa shape index (κ1) is 8.83. The second-order valence-corrected chi connectivity index (χ2v) is 4.35. The van der Waals surface area contributed by atoms with E-state index in [0.717, 1.165) is 5.92 Å². The maximum atomic E-state index is 2.42. The minimum absolute atomic E-state index is 0.498. The van der Waals surface area contributed by atoms with E-state index >= 15 is 0 Å². The summed E-state index contributed by atoms with van der Waals surface area (Å²) in [6.07, 6.45) is 6.48. The minimum Gasteiger partial charge on any atom is -0.0850 e. The van der Waals surface area contributed by atoms with Gasteiger partial charge in [0.05, 0.1) is 0 Å². The van der Waals surface area contributed by atoms with Gasteiger partial charge in [0.25, 0.3) is 0 Å². The molecular formula is C11H20. The summed E-state index contributed by atoms with van der Waals surface area (Å²) in [5.74, 6) is 0.791. The molecule has 64 valence electrons. The molecule has 0 fully saturated rings. The molecular weight excluding hydrogens is 132 g/mol. The van der Waals surface area contributed by atoms with Crippen molar-refractivity contribution in [1.82, 2.24) is 0 Å². The molecule has 0 spiro atoms. The zero-order chi connectivity index (χ0) is 8.48. The topological polar surface area (TPSA) is 0 Å². The molecule has 1 aliphatic rings. The second-order valence-electron chi connectivity index (χ2n) is 4.35. The summed E-state index contributed by atoms with van der Waals surface area (Å²) in [6, 6.07) is 0. The summed E-state index contributed by atoms with van der Waals surface area (Å²) in [5.41, 5.74) is 2.11. The highest BCUT2D eigenvalue weighted by Gasteiger charge is 2.30. The fraction of sp³-hybridized carbons (Fsp3) is 0.818. The average molecular weight is 152 g/mol. The van der Waals surface area contributed by atoms with Crippen molar-refractivity contribution in [2.75, 3.05) is 0 Å². The molecule has 0 aromatic carbocycles. The Morgan fingerprint density at radius 2 is 2.09 bits per heavy atom. The number of hydrogen-bond acceptors (Lipinski definition) is 0. The molecule has 0 aliphatic heterocycles. The Hall–Kier alpha value is -0.260. The fourth-order valence-corrected chi connectivity index (χ4v) is 1.96. The van der Waals surface area contributed by atoms with Crippen LogP contribution < -0.4 is 0 Å². The molecule has 1 rings (SSSR count). The van der Waals surface area contributed by atoms with E-state index in [1.807, 2.05) is 0 Å². The van der Waals surface area contributed by atoms with Crippen molar-refractivity contribution in [3.63, 3.8) is 0 Å². The summed E-state index contributed by atoms with van der Waals surface area (Å²) < 4.78 is 0. The van der Waals surface area contributed by atoms with Gasteiger partial charge < -0.3 is 0 Å². The Morgan fingerprint density at radius 1 is 1.45 bits per heavy atom.